The zero-order valence-corrected chi connectivity index (χ0v) is 17.3. The summed E-state index contributed by atoms with van der Waals surface area (Å²) >= 11 is 0. The van der Waals surface area contributed by atoms with Crippen LogP contribution in [0.1, 0.15) is 25.5 Å². The number of rotatable bonds is 4. The van der Waals surface area contributed by atoms with Crippen molar-refractivity contribution in [3.63, 3.8) is 0 Å². The number of non-ortho nitro benzene ring substituents is 1. The molecule has 0 spiro atoms. The van der Waals surface area contributed by atoms with E-state index in [-0.39, 0.29) is 23.9 Å². The fourth-order valence-corrected chi connectivity index (χ4v) is 3.45. The molecule has 1 unspecified atom stereocenters. The van der Waals surface area contributed by atoms with Crippen LogP contribution in [0.5, 0.6) is 0 Å². The number of nitrogens with one attached hydrogen (secondary N) is 1. The predicted octanol–water partition coefficient (Wildman–Crippen LogP) is 1.65. The number of ether oxygens (including phenoxy) is 1. The fraction of sp³-hybridized carbons (Fsp3) is 0.421. The number of amides is 2. The van der Waals surface area contributed by atoms with Gasteiger partial charge in [0, 0.05) is 31.9 Å². The van der Waals surface area contributed by atoms with Crippen molar-refractivity contribution < 1.29 is 19.2 Å². The van der Waals surface area contributed by atoms with Crippen molar-refractivity contribution in [3.05, 3.63) is 51.2 Å². The van der Waals surface area contributed by atoms with E-state index >= 15 is 0 Å². The number of nitro groups is 1. The molecule has 1 fully saturated rings. The van der Waals surface area contributed by atoms with Gasteiger partial charge in [-0.05, 0) is 19.4 Å². The Morgan fingerprint density at radius 1 is 1.33 bits per heavy atom. The molecule has 0 aromatic heterocycles. The highest BCUT2D eigenvalue weighted by atomic mass is 16.6. The van der Waals surface area contributed by atoms with Crippen molar-refractivity contribution in [2.75, 3.05) is 34.0 Å². The highest BCUT2D eigenvalue weighted by Crippen LogP contribution is 2.33. The minimum absolute atomic E-state index is 0.0910. The average Bonchev–Trinajstić information content (AvgIpc) is 2.71. The molecule has 0 radical (unpaired) electrons. The van der Waals surface area contributed by atoms with Crippen LogP contribution in [0.4, 0.5) is 10.5 Å². The Morgan fingerprint density at radius 2 is 2.00 bits per heavy atom. The molecule has 1 aromatic rings. The molecule has 3 rings (SSSR count). The Balaban J connectivity index is 2.03. The Hall–Kier alpha value is -3.63. The van der Waals surface area contributed by atoms with Gasteiger partial charge in [-0.3, -0.25) is 10.1 Å². The van der Waals surface area contributed by atoms with Crippen LogP contribution in [0.2, 0.25) is 0 Å². The lowest BCUT2D eigenvalue weighted by Crippen LogP contribution is -2.59. The van der Waals surface area contributed by atoms with Crippen molar-refractivity contribution in [1.82, 2.24) is 20.0 Å². The Bertz CT molecular complexity index is 929. The largest absolute Gasteiger partial charge is 0.463 e. The van der Waals surface area contributed by atoms with E-state index in [1.807, 2.05) is 4.90 Å². The number of carbonyl (C=O) groups is 2. The summed E-state index contributed by atoms with van der Waals surface area (Å²) in [5.41, 5.74) is 1.24. The molecule has 11 heteroatoms. The number of carbonyl (C=O) groups excluding carboxylic acids is 2. The predicted molar refractivity (Wildman–Crippen MR) is 108 cm³/mol. The number of nitrogens with zero attached hydrogens (tertiary/aromatic N) is 5. The summed E-state index contributed by atoms with van der Waals surface area (Å²) in [6.07, 6.45) is 0. The summed E-state index contributed by atoms with van der Waals surface area (Å²) in [6.45, 7) is 4.24. The smallest absolute Gasteiger partial charge is 0.338 e. The van der Waals surface area contributed by atoms with E-state index in [2.05, 4.69) is 5.32 Å². The highest BCUT2D eigenvalue weighted by Gasteiger charge is 2.34. The van der Waals surface area contributed by atoms with E-state index in [9.17, 15) is 19.7 Å². The molecule has 11 nitrogen and oxygen atoms in total. The number of benzene rings is 1. The van der Waals surface area contributed by atoms with E-state index in [1.165, 1.54) is 21.9 Å². The molecule has 0 saturated carbocycles. The second kappa shape index (κ2) is 8.39. The van der Waals surface area contributed by atoms with Gasteiger partial charge >= 0.3 is 12.0 Å². The number of hydrogen-bond acceptors (Lipinski definition) is 8. The first kappa shape index (κ1) is 21.1. The van der Waals surface area contributed by atoms with Crippen LogP contribution in [0, 0.1) is 10.1 Å². The van der Waals surface area contributed by atoms with Crippen molar-refractivity contribution in [2.24, 2.45) is 4.99 Å². The third kappa shape index (κ3) is 4.04. The van der Waals surface area contributed by atoms with E-state index in [1.54, 1.807) is 40.1 Å². The number of hydrogen-bond donors (Lipinski definition) is 1. The highest BCUT2D eigenvalue weighted by molar-refractivity contribution is 5.95. The maximum absolute atomic E-state index is 12.6. The Morgan fingerprint density at radius 3 is 2.60 bits per heavy atom. The zero-order chi connectivity index (χ0) is 22.0. The molecule has 2 amide bonds. The first-order valence-electron chi connectivity index (χ1n) is 9.41. The third-order valence-electron chi connectivity index (χ3n) is 4.84. The minimum atomic E-state index is -0.784. The standard InChI is InChI=1S/C19H24N6O5/c1-5-30-17(26)15-12(2)20-18(24-10-22(3)19(27)23(4)11-24)21-16(15)13-7-6-8-14(9-13)25(28)29/h6-9,16H,5,10-11H2,1-4H3,(H,20,21). The normalized spacial score (nSPS) is 19.5. The number of aliphatic imine (C=N–C) groups is 1. The van der Waals surface area contributed by atoms with Crippen LogP contribution < -0.4 is 5.32 Å². The number of guanidine groups is 1. The summed E-state index contributed by atoms with van der Waals surface area (Å²) in [4.78, 5) is 45.0. The average molecular weight is 416 g/mol. The Labute approximate surface area is 173 Å². The van der Waals surface area contributed by atoms with Crippen LogP contribution in [0.3, 0.4) is 0 Å². The SMILES string of the molecule is CCOC(=O)C1=C(C)NC(N2CN(C)C(=O)N(C)C2)=NC1c1cccc([N+](=O)[O-])c1. The van der Waals surface area contributed by atoms with Crippen LogP contribution in [0.15, 0.2) is 40.5 Å². The maximum atomic E-state index is 12.6. The molecular formula is C19H24N6O5. The van der Waals surface area contributed by atoms with Gasteiger partial charge in [0.2, 0.25) is 5.96 Å². The molecule has 2 aliphatic rings. The summed E-state index contributed by atoms with van der Waals surface area (Å²) < 4.78 is 5.20. The molecule has 2 heterocycles. The van der Waals surface area contributed by atoms with Crippen LogP contribution >= 0.6 is 0 Å². The molecule has 2 aliphatic heterocycles. The van der Waals surface area contributed by atoms with Gasteiger partial charge in [-0.2, -0.15) is 0 Å². The van der Waals surface area contributed by atoms with E-state index in [4.69, 9.17) is 9.73 Å². The molecule has 1 saturated heterocycles. The van der Waals surface area contributed by atoms with Crippen molar-refractivity contribution in [3.8, 4) is 0 Å². The number of allylic oxidation sites excluding steroid dienone is 1. The van der Waals surface area contributed by atoms with Gasteiger partial charge in [0.25, 0.3) is 5.69 Å². The number of nitro benzene ring substituents is 1. The van der Waals surface area contributed by atoms with E-state index in [0.29, 0.717) is 30.6 Å². The van der Waals surface area contributed by atoms with Crippen LogP contribution in [0.25, 0.3) is 0 Å². The molecule has 160 valence electrons. The second-order valence-corrected chi connectivity index (χ2v) is 7.09. The van der Waals surface area contributed by atoms with Crippen LogP contribution in [-0.2, 0) is 9.53 Å². The molecular weight excluding hydrogens is 392 g/mol. The van der Waals surface area contributed by atoms with Gasteiger partial charge in [-0.1, -0.05) is 12.1 Å². The second-order valence-electron chi connectivity index (χ2n) is 7.09. The van der Waals surface area contributed by atoms with E-state index < -0.39 is 16.9 Å². The van der Waals surface area contributed by atoms with Crippen molar-refractivity contribution in [2.45, 2.75) is 19.9 Å². The van der Waals surface area contributed by atoms with Crippen molar-refractivity contribution in [1.29, 1.82) is 0 Å². The summed E-state index contributed by atoms with van der Waals surface area (Å²) in [5.74, 6) is -0.0758. The van der Waals surface area contributed by atoms with E-state index in [0.717, 1.165) is 0 Å². The third-order valence-corrected chi connectivity index (χ3v) is 4.84. The van der Waals surface area contributed by atoms with Gasteiger partial charge in [0.1, 0.15) is 6.04 Å². The maximum Gasteiger partial charge on any atom is 0.338 e. The lowest BCUT2D eigenvalue weighted by atomic mass is 9.96. The van der Waals surface area contributed by atoms with Gasteiger partial charge < -0.3 is 24.8 Å². The van der Waals surface area contributed by atoms with Gasteiger partial charge in [0.05, 0.1) is 30.4 Å². The molecule has 0 aliphatic carbocycles. The molecule has 1 atom stereocenters. The topological polar surface area (TPSA) is 121 Å². The molecule has 1 aromatic carbocycles. The summed E-state index contributed by atoms with van der Waals surface area (Å²) in [6, 6.07) is 5.14. The monoisotopic (exact) mass is 416 g/mol. The fourth-order valence-electron chi connectivity index (χ4n) is 3.45. The number of esters is 1. The van der Waals surface area contributed by atoms with Gasteiger partial charge in [-0.25, -0.2) is 14.6 Å². The quantitative estimate of drug-likeness (QED) is 0.450. The lowest BCUT2D eigenvalue weighted by molar-refractivity contribution is -0.384. The minimum Gasteiger partial charge on any atom is -0.463 e. The zero-order valence-electron chi connectivity index (χ0n) is 17.3. The summed E-state index contributed by atoms with van der Waals surface area (Å²) in [5, 5.41) is 14.4. The Kier molecular flexibility index (Phi) is 5.90. The van der Waals surface area contributed by atoms with Gasteiger partial charge in [0.15, 0.2) is 0 Å². The van der Waals surface area contributed by atoms with Crippen LogP contribution in [-0.4, -0.2) is 71.6 Å². The van der Waals surface area contributed by atoms with Crippen molar-refractivity contribution >= 4 is 23.6 Å². The molecule has 0 bridgehead atoms. The lowest BCUT2D eigenvalue weighted by Gasteiger charge is -2.41. The van der Waals surface area contributed by atoms with Gasteiger partial charge in [-0.15, -0.1) is 0 Å². The summed E-state index contributed by atoms with van der Waals surface area (Å²) in [7, 11) is 3.36. The first-order chi connectivity index (χ1) is 14.2. The first-order valence-corrected chi connectivity index (χ1v) is 9.41. The number of urea groups is 1. The molecule has 1 N–H and O–H groups in total. The molecule has 30 heavy (non-hydrogen) atoms.